The van der Waals surface area contributed by atoms with Crippen molar-refractivity contribution < 1.29 is 9.90 Å². The van der Waals surface area contributed by atoms with Gasteiger partial charge in [-0.25, -0.2) is 9.48 Å². The van der Waals surface area contributed by atoms with Crippen molar-refractivity contribution in [1.29, 1.82) is 0 Å². The summed E-state index contributed by atoms with van der Waals surface area (Å²) in [4.78, 5) is 10.7. The molecular weight excluding hydrogens is 206 g/mol. The number of fused-ring (bicyclic) bond motifs is 1. The molecular formula is C8H8ClN3O2. The fraction of sp³-hybridized carbons (Fsp3) is 0.125. The van der Waals surface area contributed by atoms with Crippen molar-refractivity contribution in [1.82, 2.24) is 15.0 Å². The Morgan fingerprint density at radius 3 is 2.86 bits per heavy atom. The van der Waals surface area contributed by atoms with Gasteiger partial charge in [0.05, 0.1) is 11.1 Å². The molecule has 0 amide bonds. The number of hydrogen-bond acceptors (Lipinski definition) is 3. The standard InChI is InChI=1S/C8H7N3O2.ClH/c1-11-6-4-2-3-5(8(12)13)7(6)9-10-11;/h2-4H,1H3,(H,12,13);1H. The van der Waals surface area contributed by atoms with Crippen molar-refractivity contribution in [2.45, 2.75) is 0 Å². The lowest BCUT2D eigenvalue weighted by atomic mass is 10.2. The van der Waals surface area contributed by atoms with Gasteiger partial charge in [-0.3, -0.25) is 0 Å². The fourth-order valence-corrected chi connectivity index (χ4v) is 1.23. The molecule has 0 aliphatic carbocycles. The number of carboxylic acids is 1. The van der Waals surface area contributed by atoms with E-state index in [1.165, 1.54) is 6.07 Å². The number of halogens is 1. The summed E-state index contributed by atoms with van der Waals surface area (Å²) in [6, 6.07) is 4.97. The van der Waals surface area contributed by atoms with Crippen molar-refractivity contribution in [2.24, 2.45) is 7.05 Å². The molecule has 0 fully saturated rings. The van der Waals surface area contributed by atoms with Crippen LogP contribution in [0, 0.1) is 0 Å². The minimum atomic E-state index is -0.980. The zero-order valence-corrected chi connectivity index (χ0v) is 8.15. The van der Waals surface area contributed by atoms with Crippen LogP contribution in [0.2, 0.25) is 0 Å². The Morgan fingerprint density at radius 1 is 1.50 bits per heavy atom. The van der Waals surface area contributed by atoms with Gasteiger partial charge in [0.25, 0.3) is 0 Å². The summed E-state index contributed by atoms with van der Waals surface area (Å²) in [6.07, 6.45) is 0. The van der Waals surface area contributed by atoms with Crippen LogP contribution in [0.4, 0.5) is 0 Å². The van der Waals surface area contributed by atoms with Crippen LogP contribution in [0.25, 0.3) is 11.0 Å². The van der Waals surface area contributed by atoms with E-state index in [-0.39, 0.29) is 18.0 Å². The summed E-state index contributed by atoms with van der Waals surface area (Å²) in [5, 5.41) is 16.3. The van der Waals surface area contributed by atoms with Crippen molar-refractivity contribution in [3.8, 4) is 0 Å². The molecule has 0 bridgehead atoms. The van der Waals surface area contributed by atoms with Crippen LogP contribution < -0.4 is 0 Å². The molecule has 74 valence electrons. The average molecular weight is 214 g/mol. The Morgan fingerprint density at radius 2 is 2.21 bits per heavy atom. The van der Waals surface area contributed by atoms with Crippen molar-refractivity contribution in [3.63, 3.8) is 0 Å². The number of carboxylic acid groups (broad SMARTS) is 1. The molecule has 1 aromatic carbocycles. The van der Waals surface area contributed by atoms with Gasteiger partial charge in [-0.1, -0.05) is 11.3 Å². The lowest BCUT2D eigenvalue weighted by molar-refractivity contribution is 0.0699. The third-order valence-corrected chi connectivity index (χ3v) is 1.87. The van der Waals surface area contributed by atoms with Gasteiger partial charge in [0.15, 0.2) is 0 Å². The van der Waals surface area contributed by atoms with Crippen molar-refractivity contribution in [2.75, 3.05) is 0 Å². The second-order valence-corrected chi connectivity index (χ2v) is 2.69. The van der Waals surface area contributed by atoms with Gasteiger partial charge in [0.1, 0.15) is 5.52 Å². The molecule has 0 atom stereocenters. The highest BCUT2D eigenvalue weighted by atomic mass is 35.5. The monoisotopic (exact) mass is 213 g/mol. The van der Waals surface area contributed by atoms with E-state index in [0.29, 0.717) is 5.52 Å². The van der Waals surface area contributed by atoms with E-state index in [0.717, 1.165) is 5.52 Å². The Balaban J connectivity index is 0.000000980. The van der Waals surface area contributed by atoms with E-state index in [1.807, 2.05) is 0 Å². The zero-order valence-electron chi connectivity index (χ0n) is 7.34. The molecule has 0 aliphatic heterocycles. The van der Waals surface area contributed by atoms with Crippen LogP contribution in [-0.4, -0.2) is 26.1 Å². The number of carbonyl (C=O) groups is 1. The Bertz CT molecular complexity index is 480. The summed E-state index contributed by atoms with van der Waals surface area (Å²) in [7, 11) is 1.72. The Labute approximate surface area is 85.7 Å². The molecule has 1 N–H and O–H groups in total. The third kappa shape index (κ3) is 1.42. The number of nitrogens with zero attached hydrogens (tertiary/aromatic N) is 3. The molecule has 0 spiro atoms. The lowest BCUT2D eigenvalue weighted by Gasteiger charge is -1.94. The molecule has 0 aliphatic rings. The largest absolute Gasteiger partial charge is 0.478 e. The van der Waals surface area contributed by atoms with E-state index in [4.69, 9.17) is 5.11 Å². The summed E-state index contributed by atoms with van der Waals surface area (Å²) >= 11 is 0. The molecule has 5 nitrogen and oxygen atoms in total. The first kappa shape index (κ1) is 10.5. The van der Waals surface area contributed by atoms with Crippen LogP contribution in [0.15, 0.2) is 18.2 Å². The fourth-order valence-electron chi connectivity index (χ4n) is 1.23. The first-order chi connectivity index (χ1) is 6.20. The van der Waals surface area contributed by atoms with Crippen molar-refractivity contribution in [3.05, 3.63) is 23.8 Å². The minimum Gasteiger partial charge on any atom is -0.478 e. The maximum Gasteiger partial charge on any atom is 0.338 e. The van der Waals surface area contributed by atoms with E-state index >= 15 is 0 Å². The maximum absolute atomic E-state index is 10.7. The van der Waals surface area contributed by atoms with Gasteiger partial charge in [-0.05, 0) is 12.1 Å². The minimum absolute atomic E-state index is 0. The normalized spacial score (nSPS) is 9.79. The van der Waals surface area contributed by atoms with Crippen LogP contribution in [0.1, 0.15) is 10.4 Å². The molecule has 1 heterocycles. The first-order valence-corrected chi connectivity index (χ1v) is 3.72. The van der Waals surface area contributed by atoms with Gasteiger partial charge in [0, 0.05) is 7.05 Å². The summed E-state index contributed by atoms with van der Waals surface area (Å²) < 4.78 is 1.54. The van der Waals surface area contributed by atoms with E-state index in [9.17, 15) is 4.79 Å². The van der Waals surface area contributed by atoms with E-state index in [2.05, 4.69) is 10.3 Å². The van der Waals surface area contributed by atoms with Crippen LogP contribution >= 0.6 is 12.4 Å². The zero-order chi connectivity index (χ0) is 9.42. The van der Waals surface area contributed by atoms with Crippen LogP contribution in [0.5, 0.6) is 0 Å². The highest BCUT2D eigenvalue weighted by molar-refractivity contribution is 6.00. The highest BCUT2D eigenvalue weighted by Gasteiger charge is 2.11. The van der Waals surface area contributed by atoms with E-state index < -0.39 is 5.97 Å². The summed E-state index contributed by atoms with van der Waals surface area (Å²) in [5.74, 6) is -0.980. The average Bonchev–Trinajstić information content (AvgIpc) is 2.48. The molecule has 1 aromatic heterocycles. The molecule has 0 radical (unpaired) electrons. The molecule has 0 unspecified atom stereocenters. The highest BCUT2D eigenvalue weighted by Crippen LogP contribution is 2.14. The molecule has 6 heteroatoms. The molecule has 2 aromatic rings. The van der Waals surface area contributed by atoms with Gasteiger partial charge >= 0.3 is 5.97 Å². The number of aromatic carboxylic acids is 1. The smallest absolute Gasteiger partial charge is 0.338 e. The third-order valence-electron chi connectivity index (χ3n) is 1.87. The number of aromatic nitrogens is 3. The second-order valence-electron chi connectivity index (χ2n) is 2.69. The lowest BCUT2D eigenvalue weighted by Crippen LogP contribution is -1.97. The van der Waals surface area contributed by atoms with Gasteiger partial charge < -0.3 is 5.11 Å². The number of benzene rings is 1. The molecule has 2 rings (SSSR count). The van der Waals surface area contributed by atoms with Crippen LogP contribution in [-0.2, 0) is 7.05 Å². The van der Waals surface area contributed by atoms with Gasteiger partial charge in [-0.2, -0.15) is 0 Å². The molecule has 0 saturated carbocycles. The SMILES string of the molecule is Cl.Cn1nnc2c(C(=O)O)cccc21. The molecule has 14 heavy (non-hydrogen) atoms. The Hall–Kier alpha value is -1.62. The number of rotatable bonds is 1. The van der Waals surface area contributed by atoms with Gasteiger partial charge in [-0.15, -0.1) is 17.5 Å². The first-order valence-electron chi connectivity index (χ1n) is 3.72. The number of hydrogen-bond donors (Lipinski definition) is 1. The maximum atomic E-state index is 10.7. The van der Waals surface area contributed by atoms with Gasteiger partial charge in [0.2, 0.25) is 0 Å². The topological polar surface area (TPSA) is 68.0 Å². The van der Waals surface area contributed by atoms with Crippen molar-refractivity contribution >= 4 is 29.4 Å². The van der Waals surface area contributed by atoms with Crippen LogP contribution in [0.3, 0.4) is 0 Å². The van der Waals surface area contributed by atoms with E-state index in [1.54, 1.807) is 23.9 Å². The summed E-state index contributed by atoms with van der Waals surface area (Å²) in [6.45, 7) is 0. The Kier molecular flexibility index (Phi) is 2.71. The quantitative estimate of drug-likeness (QED) is 0.770. The predicted molar refractivity (Wildman–Crippen MR) is 52.7 cm³/mol. The second kappa shape index (κ2) is 3.63. The summed E-state index contributed by atoms with van der Waals surface area (Å²) in [5.41, 5.74) is 1.34. The number of aryl methyl sites for hydroxylation is 1. The predicted octanol–water partition coefficient (Wildman–Crippen LogP) is 1.09. The molecule has 0 saturated heterocycles.